The van der Waals surface area contributed by atoms with Gasteiger partial charge in [-0.1, -0.05) is 23.7 Å². The number of rotatable bonds is 4. The van der Waals surface area contributed by atoms with E-state index in [4.69, 9.17) is 17.3 Å². The summed E-state index contributed by atoms with van der Waals surface area (Å²) in [6.45, 7) is 3.65. The number of piperazine rings is 1. The summed E-state index contributed by atoms with van der Waals surface area (Å²) in [6, 6.07) is 18.2. The van der Waals surface area contributed by atoms with Crippen molar-refractivity contribution in [1.29, 1.82) is 5.26 Å². The van der Waals surface area contributed by atoms with Crippen LogP contribution in [0.15, 0.2) is 54.6 Å². The molecule has 2 N–H and O–H groups in total. The third-order valence-corrected chi connectivity index (χ3v) is 5.49. The lowest BCUT2D eigenvalue weighted by Gasteiger charge is -2.38. The molecule has 1 aromatic heterocycles. The Hall–Kier alpha value is -3.17. The molecular weight excluding hydrogens is 389 g/mol. The molecule has 7 heteroatoms. The van der Waals surface area contributed by atoms with Gasteiger partial charge in [0, 0.05) is 36.9 Å². The molecule has 1 saturated heterocycles. The summed E-state index contributed by atoms with van der Waals surface area (Å²) in [5.41, 5.74) is 9.49. The number of hydrogen-bond donors (Lipinski definition) is 1. The molecule has 3 aromatic rings. The van der Waals surface area contributed by atoms with Gasteiger partial charge in [0.05, 0.1) is 12.2 Å². The second kappa shape index (κ2) is 8.06. The van der Waals surface area contributed by atoms with Crippen LogP contribution in [-0.4, -0.2) is 30.7 Å². The molecule has 0 radical (unpaired) electrons. The van der Waals surface area contributed by atoms with Crippen molar-refractivity contribution in [3.8, 4) is 6.07 Å². The van der Waals surface area contributed by atoms with Crippen LogP contribution < -0.4 is 15.5 Å². The first-order valence-electron chi connectivity index (χ1n) is 9.44. The van der Waals surface area contributed by atoms with Crippen molar-refractivity contribution in [1.82, 2.24) is 4.57 Å². The van der Waals surface area contributed by atoms with Crippen molar-refractivity contribution in [3.63, 3.8) is 0 Å². The van der Waals surface area contributed by atoms with Crippen molar-refractivity contribution < 1.29 is 4.39 Å². The van der Waals surface area contributed by atoms with Crippen molar-refractivity contribution in [2.24, 2.45) is 0 Å². The van der Waals surface area contributed by atoms with Crippen LogP contribution in [-0.2, 0) is 6.54 Å². The Morgan fingerprint density at radius 2 is 1.59 bits per heavy atom. The molecule has 0 bridgehead atoms. The van der Waals surface area contributed by atoms with Gasteiger partial charge >= 0.3 is 0 Å². The van der Waals surface area contributed by atoms with Crippen LogP contribution in [0.5, 0.6) is 0 Å². The zero-order chi connectivity index (χ0) is 20.4. The average Bonchev–Trinajstić information content (AvgIpc) is 3.05. The normalized spacial score (nSPS) is 14.1. The van der Waals surface area contributed by atoms with Gasteiger partial charge < -0.3 is 20.1 Å². The van der Waals surface area contributed by atoms with E-state index in [9.17, 15) is 9.65 Å². The lowest BCUT2D eigenvalue weighted by atomic mass is 10.2. The third-order valence-electron chi connectivity index (χ3n) is 5.24. The zero-order valence-electron chi connectivity index (χ0n) is 15.9. The van der Waals surface area contributed by atoms with Crippen molar-refractivity contribution in [3.05, 3.63) is 76.7 Å². The maximum absolute atomic E-state index is 13.2. The molecule has 2 aromatic carbocycles. The minimum atomic E-state index is -0.232. The number of nitrogens with two attached hydrogens (primary N) is 1. The van der Waals surface area contributed by atoms with E-state index < -0.39 is 0 Å². The molecule has 29 heavy (non-hydrogen) atoms. The smallest absolute Gasteiger partial charge is 0.133 e. The van der Waals surface area contributed by atoms with E-state index in [2.05, 4.69) is 15.9 Å². The maximum atomic E-state index is 13.2. The summed E-state index contributed by atoms with van der Waals surface area (Å²) in [7, 11) is 0. The van der Waals surface area contributed by atoms with Crippen LogP contribution in [0, 0.1) is 17.1 Å². The van der Waals surface area contributed by atoms with Crippen LogP contribution in [0.1, 0.15) is 11.3 Å². The van der Waals surface area contributed by atoms with Gasteiger partial charge in [-0.15, -0.1) is 0 Å². The third kappa shape index (κ3) is 4.01. The van der Waals surface area contributed by atoms with E-state index in [1.807, 2.05) is 28.8 Å². The van der Waals surface area contributed by atoms with Crippen LogP contribution >= 0.6 is 11.6 Å². The standard InChI is InChI=1S/C22H21ClFN5/c23-17-3-1-16(2-4-17)15-29-20(14-25)13-21(26)22(29)28-11-9-27(10-12-28)19-7-5-18(24)6-8-19/h1-8,13H,9-12,15,26H2. The van der Waals surface area contributed by atoms with Gasteiger partial charge in [-0.2, -0.15) is 5.26 Å². The Morgan fingerprint density at radius 3 is 2.21 bits per heavy atom. The predicted octanol–water partition coefficient (Wildman–Crippen LogP) is 4.11. The monoisotopic (exact) mass is 409 g/mol. The molecule has 0 unspecified atom stereocenters. The molecule has 1 fully saturated rings. The Kier molecular flexibility index (Phi) is 5.32. The average molecular weight is 410 g/mol. The number of hydrogen-bond acceptors (Lipinski definition) is 4. The molecule has 0 atom stereocenters. The van der Waals surface area contributed by atoms with Gasteiger partial charge in [-0.25, -0.2) is 4.39 Å². The van der Waals surface area contributed by atoms with E-state index in [1.54, 1.807) is 18.2 Å². The van der Waals surface area contributed by atoms with Gasteiger partial charge in [0.2, 0.25) is 0 Å². The van der Waals surface area contributed by atoms with E-state index in [0.717, 1.165) is 43.2 Å². The fourth-order valence-electron chi connectivity index (χ4n) is 3.77. The number of anilines is 3. The topological polar surface area (TPSA) is 61.2 Å². The number of aromatic nitrogens is 1. The Morgan fingerprint density at radius 1 is 0.966 bits per heavy atom. The van der Waals surface area contributed by atoms with E-state index >= 15 is 0 Å². The molecule has 1 aliphatic rings. The van der Waals surface area contributed by atoms with Gasteiger partial charge in [-0.05, 0) is 48.0 Å². The van der Waals surface area contributed by atoms with Gasteiger partial charge in [-0.3, -0.25) is 0 Å². The first-order chi connectivity index (χ1) is 14.0. The molecule has 4 rings (SSSR count). The summed E-state index contributed by atoms with van der Waals surface area (Å²) in [6.07, 6.45) is 0. The first kappa shape index (κ1) is 19.2. The highest BCUT2D eigenvalue weighted by Crippen LogP contribution is 2.30. The number of nitrogen functional groups attached to an aromatic ring is 1. The Bertz CT molecular complexity index is 1030. The second-order valence-corrected chi connectivity index (χ2v) is 7.52. The van der Waals surface area contributed by atoms with E-state index in [-0.39, 0.29) is 5.82 Å². The fourth-order valence-corrected chi connectivity index (χ4v) is 3.89. The van der Waals surface area contributed by atoms with Crippen LogP contribution in [0.4, 0.5) is 21.6 Å². The lowest BCUT2D eigenvalue weighted by molar-refractivity contribution is 0.620. The summed E-state index contributed by atoms with van der Waals surface area (Å²) in [5, 5.41) is 10.3. The number of halogens is 2. The van der Waals surface area contributed by atoms with Gasteiger partial charge in [0.25, 0.3) is 0 Å². The highest BCUT2D eigenvalue weighted by molar-refractivity contribution is 6.30. The molecule has 2 heterocycles. The highest BCUT2D eigenvalue weighted by atomic mass is 35.5. The number of benzene rings is 2. The number of nitriles is 1. The number of nitrogens with zero attached hydrogens (tertiary/aromatic N) is 4. The van der Waals surface area contributed by atoms with Gasteiger partial charge in [0.15, 0.2) is 0 Å². The van der Waals surface area contributed by atoms with Crippen LogP contribution in [0.3, 0.4) is 0 Å². The Labute approximate surface area is 174 Å². The van der Waals surface area contributed by atoms with Gasteiger partial charge in [0.1, 0.15) is 23.4 Å². The lowest BCUT2D eigenvalue weighted by Crippen LogP contribution is -2.47. The van der Waals surface area contributed by atoms with Crippen LogP contribution in [0.2, 0.25) is 5.02 Å². The van der Waals surface area contributed by atoms with Crippen molar-refractivity contribution in [2.45, 2.75) is 6.54 Å². The summed E-state index contributed by atoms with van der Waals surface area (Å²) >= 11 is 5.99. The Balaban J connectivity index is 1.55. The minimum absolute atomic E-state index is 0.232. The maximum Gasteiger partial charge on any atom is 0.133 e. The summed E-state index contributed by atoms with van der Waals surface area (Å²) < 4.78 is 15.2. The second-order valence-electron chi connectivity index (χ2n) is 7.08. The predicted molar refractivity (Wildman–Crippen MR) is 115 cm³/mol. The molecule has 148 valence electrons. The SMILES string of the molecule is N#Cc1cc(N)c(N2CCN(c3ccc(F)cc3)CC2)n1Cc1ccc(Cl)cc1. The van der Waals surface area contributed by atoms with E-state index in [1.165, 1.54) is 12.1 Å². The minimum Gasteiger partial charge on any atom is -0.396 e. The van der Waals surface area contributed by atoms with Crippen LogP contribution in [0.25, 0.3) is 0 Å². The molecule has 0 spiro atoms. The molecular formula is C22H21ClFN5. The quantitative estimate of drug-likeness (QED) is 0.704. The molecule has 5 nitrogen and oxygen atoms in total. The molecule has 0 saturated carbocycles. The zero-order valence-corrected chi connectivity index (χ0v) is 16.6. The molecule has 1 aliphatic heterocycles. The molecule has 0 amide bonds. The highest BCUT2D eigenvalue weighted by Gasteiger charge is 2.24. The van der Waals surface area contributed by atoms with E-state index in [0.29, 0.717) is 22.9 Å². The molecule has 0 aliphatic carbocycles. The first-order valence-corrected chi connectivity index (χ1v) is 9.82. The fraction of sp³-hybridized carbons (Fsp3) is 0.227. The van der Waals surface area contributed by atoms with Crippen molar-refractivity contribution >= 4 is 28.8 Å². The van der Waals surface area contributed by atoms with Crippen molar-refractivity contribution in [2.75, 3.05) is 41.7 Å². The summed E-state index contributed by atoms with van der Waals surface area (Å²) in [4.78, 5) is 4.44. The summed E-state index contributed by atoms with van der Waals surface area (Å²) in [5.74, 6) is 0.638. The largest absolute Gasteiger partial charge is 0.396 e.